The Morgan fingerprint density at radius 3 is 2.67 bits per heavy atom. The van der Waals surface area contributed by atoms with E-state index in [9.17, 15) is 0 Å². The Morgan fingerprint density at radius 1 is 1.39 bits per heavy atom. The lowest BCUT2D eigenvalue weighted by Crippen LogP contribution is -2.31. The highest BCUT2D eigenvalue weighted by atomic mass is 35.5. The number of hydrogen-bond donors (Lipinski definition) is 2. The van der Waals surface area contributed by atoms with E-state index in [1.165, 1.54) is 0 Å². The second-order valence-electron chi connectivity index (χ2n) is 4.79. The highest BCUT2D eigenvalue weighted by Gasteiger charge is 2.12. The van der Waals surface area contributed by atoms with E-state index in [0.29, 0.717) is 24.9 Å². The van der Waals surface area contributed by atoms with E-state index < -0.39 is 0 Å². The zero-order chi connectivity index (χ0) is 13.5. The summed E-state index contributed by atoms with van der Waals surface area (Å²) in [5.41, 5.74) is 6.75. The van der Waals surface area contributed by atoms with E-state index in [1.807, 2.05) is 18.2 Å². The molecule has 1 aromatic rings. The minimum Gasteiger partial charge on any atom is -0.496 e. The fourth-order valence-corrected chi connectivity index (χ4v) is 2.11. The van der Waals surface area contributed by atoms with Gasteiger partial charge in [-0.25, -0.2) is 0 Å². The van der Waals surface area contributed by atoms with E-state index >= 15 is 0 Å². The minimum absolute atomic E-state index is 0.485. The highest BCUT2D eigenvalue weighted by Crippen LogP contribution is 2.25. The topological polar surface area (TPSA) is 47.3 Å². The second kappa shape index (κ2) is 7.62. The molecule has 0 amide bonds. The third kappa shape index (κ3) is 4.16. The predicted molar refractivity (Wildman–Crippen MR) is 77.1 cm³/mol. The van der Waals surface area contributed by atoms with E-state index in [-0.39, 0.29) is 0 Å². The van der Waals surface area contributed by atoms with Crippen molar-refractivity contribution < 1.29 is 4.74 Å². The van der Waals surface area contributed by atoms with Gasteiger partial charge in [-0.1, -0.05) is 31.5 Å². The predicted octanol–water partition coefficient (Wildman–Crippen LogP) is 2.67. The molecule has 0 spiro atoms. The molecule has 0 fully saturated rings. The van der Waals surface area contributed by atoms with Gasteiger partial charge < -0.3 is 15.8 Å². The van der Waals surface area contributed by atoms with Crippen LogP contribution in [0, 0.1) is 11.8 Å². The Balaban J connectivity index is 2.58. The largest absolute Gasteiger partial charge is 0.496 e. The summed E-state index contributed by atoms with van der Waals surface area (Å²) in [7, 11) is 1.66. The number of benzene rings is 1. The first-order valence-electron chi connectivity index (χ1n) is 6.32. The quantitative estimate of drug-likeness (QED) is 0.801. The van der Waals surface area contributed by atoms with Crippen LogP contribution >= 0.6 is 11.6 Å². The number of ether oxygens (including phenoxy) is 1. The molecule has 1 aromatic carbocycles. The lowest BCUT2D eigenvalue weighted by atomic mass is 9.96. The number of nitrogens with two attached hydrogens (primary N) is 1. The van der Waals surface area contributed by atoms with Crippen LogP contribution in [0.25, 0.3) is 0 Å². The molecule has 1 rings (SSSR count). The van der Waals surface area contributed by atoms with E-state index in [2.05, 4.69) is 19.2 Å². The number of halogens is 1. The fourth-order valence-electron chi connectivity index (χ4n) is 1.88. The van der Waals surface area contributed by atoms with Crippen LogP contribution in [-0.4, -0.2) is 20.2 Å². The first kappa shape index (κ1) is 15.3. The molecular weight excluding hydrogens is 248 g/mol. The molecule has 0 aliphatic carbocycles. The molecule has 0 aliphatic rings. The van der Waals surface area contributed by atoms with Crippen molar-refractivity contribution in [2.75, 3.05) is 20.2 Å². The van der Waals surface area contributed by atoms with Gasteiger partial charge >= 0.3 is 0 Å². The summed E-state index contributed by atoms with van der Waals surface area (Å²) >= 11 is 6.18. The molecule has 1 atom stereocenters. The van der Waals surface area contributed by atoms with Crippen LogP contribution in [0.3, 0.4) is 0 Å². The average molecular weight is 271 g/mol. The Bertz CT molecular complexity index is 369. The molecule has 0 aliphatic heterocycles. The van der Waals surface area contributed by atoms with E-state index in [4.69, 9.17) is 22.1 Å². The average Bonchev–Trinajstić information content (AvgIpc) is 2.35. The fraction of sp³-hybridized carbons (Fsp3) is 0.571. The second-order valence-corrected chi connectivity index (χ2v) is 5.20. The summed E-state index contributed by atoms with van der Waals surface area (Å²) in [6.45, 7) is 6.67. The highest BCUT2D eigenvalue weighted by molar-refractivity contribution is 6.31. The van der Waals surface area contributed by atoms with Gasteiger partial charge in [0.15, 0.2) is 0 Å². The van der Waals surface area contributed by atoms with Crippen LogP contribution < -0.4 is 15.8 Å². The molecular formula is C14H23ClN2O. The van der Waals surface area contributed by atoms with Crippen molar-refractivity contribution in [3.63, 3.8) is 0 Å². The zero-order valence-corrected chi connectivity index (χ0v) is 12.1. The summed E-state index contributed by atoms with van der Waals surface area (Å²) < 4.78 is 5.31. The van der Waals surface area contributed by atoms with Gasteiger partial charge in [0.2, 0.25) is 0 Å². The number of hydrogen-bond acceptors (Lipinski definition) is 3. The van der Waals surface area contributed by atoms with Crippen LogP contribution in [0.5, 0.6) is 5.75 Å². The molecule has 0 saturated heterocycles. The standard InChI is InChI=1S/C14H23ClN2O/c1-10(2)11(7-16)8-17-9-12-13(15)5-4-6-14(12)18-3/h4-6,10-11,17H,7-9,16H2,1-3H3. The number of rotatable bonds is 7. The SMILES string of the molecule is COc1cccc(Cl)c1CNCC(CN)C(C)C. The lowest BCUT2D eigenvalue weighted by Gasteiger charge is -2.20. The normalized spacial score (nSPS) is 12.8. The third-order valence-corrected chi connectivity index (χ3v) is 3.60. The van der Waals surface area contributed by atoms with Gasteiger partial charge in [0.05, 0.1) is 7.11 Å². The van der Waals surface area contributed by atoms with Gasteiger partial charge in [-0.05, 0) is 37.1 Å². The Kier molecular flexibility index (Phi) is 6.47. The molecule has 1 unspecified atom stereocenters. The summed E-state index contributed by atoms with van der Waals surface area (Å²) in [4.78, 5) is 0. The lowest BCUT2D eigenvalue weighted by molar-refractivity contribution is 0.367. The summed E-state index contributed by atoms with van der Waals surface area (Å²) in [6, 6.07) is 5.69. The van der Waals surface area contributed by atoms with Crippen molar-refractivity contribution in [3.05, 3.63) is 28.8 Å². The Labute approximate surface area is 115 Å². The van der Waals surface area contributed by atoms with Crippen molar-refractivity contribution >= 4 is 11.6 Å². The Hall–Kier alpha value is -0.770. The number of methoxy groups -OCH3 is 1. The molecule has 0 bridgehead atoms. The molecule has 0 radical (unpaired) electrons. The molecule has 3 nitrogen and oxygen atoms in total. The van der Waals surface area contributed by atoms with Gasteiger partial charge in [-0.15, -0.1) is 0 Å². The van der Waals surface area contributed by atoms with Crippen molar-refractivity contribution in [1.29, 1.82) is 0 Å². The van der Waals surface area contributed by atoms with Gasteiger partial charge in [-0.3, -0.25) is 0 Å². The van der Waals surface area contributed by atoms with E-state index in [0.717, 1.165) is 22.9 Å². The smallest absolute Gasteiger partial charge is 0.124 e. The maximum atomic E-state index is 6.18. The van der Waals surface area contributed by atoms with Crippen molar-refractivity contribution in [3.8, 4) is 5.75 Å². The van der Waals surface area contributed by atoms with Gasteiger partial charge in [0.1, 0.15) is 5.75 Å². The van der Waals surface area contributed by atoms with Crippen LogP contribution in [0.4, 0.5) is 0 Å². The van der Waals surface area contributed by atoms with Gasteiger partial charge in [-0.2, -0.15) is 0 Å². The van der Waals surface area contributed by atoms with Crippen LogP contribution in [0.15, 0.2) is 18.2 Å². The molecule has 18 heavy (non-hydrogen) atoms. The molecule has 3 N–H and O–H groups in total. The maximum Gasteiger partial charge on any atom is 0.124 e. The molecule has 0 heterocycles. The monoisotopic (exact) mass is 270 g/mol. The summed E-state index contributed by atoms with van der Waals surface area (Å²) in [6.07, 6.45) is 0. The summed E-state index contributed by atoms with van der Waals surface area (Å²) in [5.74, 6) is 1.89. The molecule has 102 valence electrons. The first-order chi connectivity index (χ1) is 8.60. The zero-order valence-electron chi connectivity index (χ0n) is 11.4. The molecule has 4 heteroatoms. The van der Waals surface area contributed by atoms with Crippen LogP contribution in [0.2, 0.25) is 5.02 Å². The van der Waals surface area contributed by atoms with Gasteiger partial charge in [0, 0.05) is 17.1 Å². The van der Waals surface area contributed by atoms with Crippen molar-refractivity contribution in [2.24, 2.45) is 17.6 Å². The molecule has 0 saturated carbocycles. The molecule has 0 aromatic heterocycles. The van der Waals surface area contributed by atoms with E-state index in [1.54, 1.807) is 7.11 Å². The van der Waals surface area contributed by atoms with Crippen LogP contribution in [-0.2, 0) is 6.54 Å². The maximum absolute atomic E-state index is 6.18. The third-order valence-electron chi connectivity index (χ3n) is 3.25. The first-order valence-corrected chi connectivity index (χ1v) is 6.70. The van der Waals surface area contributed by atoms with Crippen molar-refractivity contribution in [2.45, 2.75) is 20.4 Å². The van der Waals surface area contributed by atoms with Gasteiger partial charge in [0.25, 0.3) is 0 Å². The van der Waals surface area contributed by atoms with Crippen LogP contribution in [0.1, 0.15) is 19.4 Å². The Morgan fingerprint density at radius 2 is 2.11 bits per heavy atom. The summed E-state index contributed by atoms with van der Waals surface area (Å²) in [5, 5.41) is 4.14. The minimum atomic E-state index is 0.485. The number of nitrogens with one attached hydrogen (secondary N) is 1. The van der Waals surface area contributed by atoms with Crippen molar-refractivity contribution in [1.82, 2.24) is 5.32 Å².